The summed E-state index contributed by atoms with van der Waals surface area (Å²) in [5, 5.41) is 3.04. The topological polar surface area (TPSA) is 29.1 Å². The van der Waals surface area contributed by atoms with E-state index in [0.717, 1.165) is 12.1 Å². The molecule has 2 heteroatoms. The average molecular weight is 191 g/mol. The molecule has 0 heterocycles. The van der Waals surface area contributed by atoms with Gasteiger partial charge < -0.3 is 5.32 Å². The van der Waals surface area contributed by atoms with Crippen molar-refractivity contribution < 1.29 is 4.79 Å². The van der Waals surface area contributed by atoms with Crippen LogP contribution in [-0.4, -0.2) is 18.9 Å². The van der Waals surface area contributed by atoms with E-state index in [0.29, 0.717) is 13.0 Å². The van der Waals surface area contributed by atoms with Crippen LogP contribution in [0.1, 0.15) is 18.1 Å². The minimum Gasteiger partial charge on any atom is -0.310 e. The van der Waals surface area contributed by atoms with Crippen LogP contribution in [0.3, 0.4) is 0 Å². The minimum atomic E-state index is 0.251. The lowest BCUT2D eigenvalue weighted by atomic mass is 10.0. The van der Waals surface area contributed by atoms with E-state index in [1.54, 1.807) is 0 Å². The quantitative estimate of drug-likeness (QED) is 0.767. The molecular weight excluding hydrogens is 174 g/mol. The molecule has 14 heavy (non-hydrogen) atoms. The maximum Gasteiger partial charge on any atom is 0.150 e. The average Bonchev–Trinajstić information content (AvgIpc) is 2.18. The zero-order valence-corrected chi connectivity index (χ0v) is 8.84. The Balaban J connectivity index is 2.52. The van der Waals surface area contributed by atoms with Gasteiger partial charge >= 0.3 is 0 Å². The van der Waals surface area contributed by atoms with E-state index >= 15 is 0 Å². The molecule has 0 aliphatic heterocycles. The van der Waals surface area contributed by atoms with Crippen LogP contribution in [0, 0.1) is 6.92 Å². The maximum atomic E-state index is 11.5. The first-order valence-electron chi connectivity index (χ1n) is 5.01. The molecule has 0 atom stereocenters. The van der Waals surface area contributed by atoms with Crippen molar-refractivity contribution in [1.82, 2.24) is 5.32 Å². The lowest BCUT2D eigenvalue weighted by Crippen LogP contribution is -2.23. The summed E-state index contributed by atoms with van der Waals surface area (Å²) in [4.78, 5) is 11.5. The van der Waals surface area contributed by atoms with Gasteiger partial charge in [-0.25, -0.2) is 0 Å². The van der Waals surface area contributed by atoms with Crippen molar-refractivity contribution in [3.05, 3.63) is 35.4 Å². The molecule has 0 aliphatic carbocycles. The van der Waals surface area contributed by atoms with E-state index in [2.05, 4.69) is 5.32 Å². The number of benzene rings is 1. The molecule has 0 aromatic heterocycles. The number of ketones is 1. The van der Waals surface area contributed by atoms with Crippen LogP contribution in [0.15, 0.2) is 24.3 Å². The third kappa shape index (κ3) is 3.30. The Hall–Kier alpha value is -1.15. The van der Waals surface area contributed by atoms with Gasteiger partial charge in [0.25, 0.3) is 0 Å². The first-order chi connectivity index (χ1) is 6.74. The van der Waals surface area contributed by atoms with Crippen molar-refractivity contribution in [2.45, 2.75) is 20.3 Å². The van der Waals surface area contributed by atoms with Crippen LogP contribution in [0.25, 0.3) is 0 Å². The fourth-order valence-electron chi connectivity index (χ4n) is 1.35. The third-order valence-electron chi connectivity index (χ3n) is 2.22. The highest BCUT2D eigenvalue weighted by Gasteiger charge is 2.04. The minimum absolute atomic E-state index is 0.251. The van der Waals surface area contributed by atoms with Gasteiger partial charge in [0.15, 0.2) is 5.78 Å². The zero-order chi connectivity index (χ0) is 10.4. The highest BCUT2D eigenvalue weighted by molar-refractivity contribution is 5.83. The van der Waals surface area contributed by atoms with Crippen molar-refractivity contribution >= 4 is 5.78 Å². The lowest BCUT2D eigenvalue weighted by Gasteiger charge is -2.04. The van der Waals surface area contributed by atoms with Crippen LogP contribution in [0.4, 0.5) is 0 Å². The van der Waals surface area contributed by atoms with Crippen molar-refractivity contribution in [2.24, 2.45) is 0 Å². The van der Waals surface area contributed by atoms with Gasteiger partial charge in [-0.1, -0.05) is 31.2 Å². The van der Waals surface area contributed by atoms with Crippen molar-refractivity contribution in [2.75, 3.05) is 13.1 Å². The van der Waals surface area contributed by atoms with E-state index in [9.17, 15) is 4.79 Å². The van der Waals surface area contributed by atoms with Crippen LogP contribution < -0.4 is 5.32 Å². The number of nitrogens with one attached hydrogen (secondary N) is 1. The van der Waals surface area contributed by atoms with E-state index in [4.69, 9.17) is 0 Å². The summed E-state index contributed by atoms with van der Waals surface area (Å²) in [6.07, 6.45) is 0.541. The first kappa shape index (κ1) is 10.9. The summed E-state index contributed by atoms with van der Waals surface area (Å²) >= 11 is 0. The summed E-state index contributed by atoms with van der Waals surface area (Å²) in [6.45, 7) is 5.36. The normalized spacial score (nSPS) is 10.1. The van der Waals surface area contributed by atoms with Gasteiger partial charge in [0.1, 0.15) is 0 Å². The molecule has 0 saturated carbocycles. The van der Waals surface area contributed by atoms with E-state index in [1.807, 2.05) is 38.1 Å². The zero-order valence-electron chi connectivity index (χ0n) is 8.84. The molecule has 0 radical (unpaired) electrons. The number of Topliss-reactive ketones (excluding diaryl/α,β-unsaturated/α-hetero) is 1. The highest BCUT2D eigenvalue weighted by atomic mass is 16.1. The van der Waals surface area contributed by atoms with Crippen LogP contribution in [0.5, 0.6) is 0 Å². The SMILES string of the molecule is CCNCC(=O)Cc1ccccc1C. The molecule has 2 nitrogen and oxygen atoms in total. The summed E-state index contributed by atoms with van der Waals surface area (Å²) in [6, 6.07) is 8.02. The molecule has 0 amide bonds. The summed E-state index contributed by atoms with van der Waals surface area (Å²) < 4.78 is 0. The van der Waals surface area contributed by atoms with Crippen LogP contribution >= 0.6 is 0 Å². The number of likely N-dealkylation sites (N-methyl/N-ethyl adjacent to an activating group) is 1. The predicted molar refractivity (Wildman–Crippen MR) is 58.4 cm³/mol. The molecule has 0 aliphatic rings. The molecule has 1 rings (SSSR count). The number of hydrogen-bond acceptors (Lipinski definition) is 2. The monoisotopic (exact) mass is 191 g/mol. The van der Waals surface area contributed by atoms with Gasteiger partial charge in [0, 0.05) is 6.42 Å². The van der Waals surface area contributed by atoms with Crippen LogP contribution in [-0.2, 0) is 11.2 Å². The van der Waals surface area contributed by atoms with Crippen molar-refractivity contribution in [3.8, 4) is 0 Å². The van der Waals surface area contributed by atoms with Gasteiger partial charge in [0.05, 0.1) is 6.54 Å². The molecule has 0 bridgehead atoms. The Morgan fingerprint density at radius 1 is 1.36 bits per heavy atom. The maximum absolute atomic E-state index is 11.5. The number of hydrogen-bond donors (Lipinski definition) is 1. The largest absolute Gasteiger partial charge is 0.310 e. The molecule has 0 unspecified atom stereocenters. The van der Waals surface area contributed by atoms with Crippen LogP contribution in [0.2, 0.25) is 0 Å². The molecule has 1 N–H and O–H groups in total. The fraction of sp³-hybridized carbons (Fsp3) is 0.417. The second-order valence-electron chi connectivity index (χ2n) is 3.42. The Labute approximate surface area is 85.3 Å². The number of carbonyl (C=O) groups is 1. The molecule has 1 aromatic carbocycles. The number of carbonyl (C=O) groups excluding carboxylic acids is 1. The summed E-state index contributed by atoms with van der Waals surface area (Å²) in [5.41, 5.74) is 2.33. The van der Waals surface area contributed by atoms with Gasteiger partial charge in [0.2, 0.25) is 0 Å². The Morgan fingerprint density at radius 2 is 2.07 bits per heavy atom. The standard InChI is InChI=1S/C12H17NO/c1-3-13-9-12(14)8-11-7-5-4-6-10(11)2/h4-7,13H,3,8-9H2,1-2H3. The van der Waals surface area contributed by atoms with Crippen molar-refractivity contribution in [1.29, 1.82) is 0 Å². The summed E-state index contributed by atoms with van der Waals surface area (Å²) in [7, 11) is 0. The molecule has 0 spiro atoms. The Morgan fingerprint density at radius 3 is 2.71 bits per heavy atom. The van der Waals surface area contributed by atoms with E-state index in [-0.39, 0.29) is 5.78 Å². The smallest absolute Gasteiger partial charge is 0.150 e. The van der Waals surface area contributed by atoms with E-state index in [1.165, 1.54) is 5.56 Å². The molecular formula is C12H17NO. The number of rotatable bonds is 5. The Kier molecular flexibility index (Phi) is 4.33. The Bertz CT molecular complexity index is 307. The summed E-state index contributed by atoms with van der Waals surface area (Å²) in [5.74, 6) is 0.251. The molecule has 0 fully saturated rings. The predicted octanol–water partition coefficient (Wildman–Crippen LogP) is 1.72. The van der Waals surface area contributed by atoms with Gasteiger partial charge in [-0.05, 0) is 24.6 Å². The van der Waals surface area contributed by atoms with E-state index < -0.39 is 0 Å². The highest BCUT2D eigenvalue weighted by Crippen LogP contribution is 2.07. The third-order valence-corrected chi connectivity index (χ3v) is 2.22. The fourth-order valence-corrected chi connectivity index (χ4v) is 1.35. The lowest BCUT2D eigenvalue weighted by molar-refractivity contribution is -0.117. The second-order valence-corrected chi connectivity index (χ2v) is 3.42. The van der Waals surface area contributed by atoms with Gasteiger partial charge in [-0.2, -0.15) is 0 Å². The van der Waals surface area contributed by atoms with Gasteiger partial charge in [-0.15, -0.1) is 0 Å². The second kappa shape index (κ2) is 5.55. The molecule has 76 valence electrons. The number of aryl methyl sites for hydroxylation is 1. The van der Waals surface area contributed by atoms with Crippen molar-refractivity contribution in [3.63, 3.8) is 0 Å². The molecule has 0 saturated heterocycles. The first-order valence-corrected chi connectivity index (χ1v) is 5.01. The van der Waals surface area contributed by atoms with Gasteiger partial charge in [-0.3, -0.25) is 4.79 Å². The molecule has 1 aromatic rings.